The lowest BCUT2D eigenvalue weighted by Crippen LogP contribution is -2.22. The minimum atomic E-state index is -0.519. The molecule has 0 spiro atoms. The summed E-state index contributed by atoms with van der Waals surface area (Å²) in [7, 11) is 0. The van der Waals surface area contributed by atoms with Crippen molar-refractivity contribution in [3.05, 3.63) is 52.2 Å². The number of unbranched alkanes of at least 4 members (excludes halogenated alkanes) is 1. The molecule has 1 amide bonds. The smallest absolute Gasteiger partial charge is 0.279 e. The largest absolute Gasteiger partial charge is 0.505 e. The number of carbonyl (C=O) groups is 1. The second-order valence-corrected chi connectivity index (χ2v) is 7.23. The molecule has 3 aromatic rings. The first-order valence-corrected chi connectivity index (χ1v) is 9.93. The Kier molecular flexibility index (Phi) is 5.57. The van der Waals surface area contributed by atoms with E-state index in [0.29, 0.717) is 23.5 Å². The molecule has 0 saturated carbocycles. The van der Waals surface area contributed by atoms with Crippen LogP contribution < -0.4 is 14.8 Å². The number of hydrogen-bond donors (Lipinski definition) is 2. The lowest BCUT2D eigenvalue weighted by molar-refractivity contribution is -0.383. The number of benzene rings is 2. The van der Waals surface area contributed by atoms with Gasteiger partial charge in [-0.1, -0.05) is 19.4 Å². The van der Waals surface area contributed by atoms with E-state index in [-0.39, 0.29) is 47.1 Å². The van der Waals surface area contributed by atoms with Crippen LogP contribution in [-0.2, 0) is 11.3 Å². The van der Waals surface area contributed by atoms with E-state index in [9.17, 15) is 20.0 Å². The molecule has 1 aliphatic heterocycles. The molecule has 0 bridgehead atoms. The third-order valence-corrected chi connectivity index (χ3v) is 5.14. The Bertz CT molecular complexity index is 1180. The number of nitro groups is 1. The normalized spacial score (nSPS) is 12.2. The standard InChI is InChI=1S/C22H21N3O6/c1-2-3-4-20(26)23-11-15-8-17(25(28)29)16-7-14(10-24-21(16)22(15)27)13-5-6-18-19(9-13)31-12-30-18/h5-10,27H,2-4,11-12H2,1H3,(H,23,26). The number of pyridine rings is 1. The average molecular weight is 423 g/mol. The van der Waals surface area contributed by atoms with Crippen LogP contribution in [-0.4, -0.2) is 27.7 Å². The first kappa shape index (κ1) is 20.4. The Morgan fingerprint density at radius 3 is 2.81 bits per heavy atom. The minimum absolute atomic E-state index is 0.0171. The van der Waals surface area contributed by atoms with Crippen molar-refractivity contribution in [2.45, 2.75) is 32.7 Å². The number of nitrogens with zero attached hydrogens (tertiary/aromatic N) is 2. The topological polar surface area (TPSA) is 124 Å². The van der Waals surface area contributed by atoms with Gasteiger partial charge in [0.1, 0.15) is 11.3 Å². The van der Waals surface area contributed by atoms with Gasteiger partial charge in [0.2, 0.25) is 12.7 Å². The SMILES string of the molecule is CCCCC(=O)NCc1cc([N+](=O)[O-])c2cc(-c3ccc4c(c3)OCO4)cnc2c1O. The van der Waals surface area contributed by atoms with E-state index in [0.717, 1.165) is 18.4 Å². The lowest BCUT2D eigenvalue weighted by atomic mass is 10.0. The first-order chi connectivity index (χ1) is 15.0. The molecule has 1 aliphatic rings. The summed E-state index contributed by atoms with van der Waals surface area (Å²) in [6.45, 7) is 2.11. The number of nitrogens with one attached hydrogen (secondary N) is 1. The van der Waals surface area contributed by atoms with E-state index in [2.05, 4.69) is 10.3 Å². The molecule has 2 N–H and O–H groups in total. The summed E-state index contributed by atoms with van der Waals surface area (Å²) in [5.74, 6) is 0.861. The van der Waals surface area contributed by atoms with Crippen molar-refractivity contribution < 1.29 is 24.3 Å². The second kappa shape index (κ2) is 8.47. The number of phenols is 1. The monoisotopic (exact) mass is 423 g/mol. The molecule has 2 heterocycles. The number of amides is 1. The maximum absolute atomic E-state index is 11.9. The Balaban J connectivity index is 1.71. The first-order valence-electron chi connectivity index (χ1n) is 9.93. The molecule has 0 saturated heterocycles. The number of phenolic OH excluding ortho intramolecular Hbond substituents is 1. The van der Waals surface area contributed by atoms with Gasteiger partial charge in [0.05, 0.1) is 10.3 Å². The molecule has 0 radical (unpaired) electrons. The molecule has 0 fully saturated rings. The zero-order valence-electron chi connectivity index (χ0n) is 16.9. The highest BCUT2D eigenvalue weighted by atomic mass is 16.7. The van der Waals surface area contributed by atoms with Gasteiger partial charge in [-0.25, -0.2) is 0 Å². The molecule has 160 valence electrons. The van der Waals surface area contributed by atoms with Gasteiger partial charge in [-0.2, -0.15) is 0 Å². The van der Waals surface area contributed by atoms with Crippen LogP contribution in [0.1, 0.15) is 31.7 Å². The summed E-state index contributed by atoms with van der Waals surface area (Å²) in [4.78, 5) is 27.4. The van der Waals surface area contributed by atoms with E-state index >= 15 is 0 Å². The van der Waals surface area contributed by atoms with Crippen molar-refractivity contribution in [3.8, 4) is 28.4 Å². The lowest BCUT2D eigenvalue weighted by Gasteiger charge is -2.11. The number of fused-ring (bicyclic) bond motifs is 2. The second-order valence-electron chi connectivity index (χ2n) is 7.23. The van der Waals surface area contributed by atoms with Crippen LogP contribution in [0.2, 0.25) is 0 Å². The molecule has 9 nitrogen and oxygen atoms in total. The highest BCUT2D eigenvalue weighted by Crippen LogP contribution is 2.39. The van der Waals surface area contributed by atoms with Crippen LogP contribution in [0.4, 0.5) is 5.69 Å². The van der Waals surface area contributed by atoms with Crippen molar-refractivity contribution in [3.63, 3.8) is 0 Å². The van der Waals surface area contributed by atoms with Crippen molar-refractivity contribution in [2.75, 3.05) is 6.79 Å². The van der Waals surface area contributed by atoms with E-state index in [4.69, 9.17) is 9.47 Å². The highest BCUT2D eigenvalue weighted by molar-refractivity contribution is 5.96. The van der Waals surface area contributed by atoms with Crippen molar-refractivity contribution >= 4 is 22.5 Å². The predicted octanol–water partition coefficient (Wildman–Crippen LogP) is 4.05. The van der Waals surface area contributed by atoms with Crippen molar-refractivity contribution in [1.29, 1.82) is 0 Å². The van der Waals surface area contributed by atoms with Gasteiger partial charge in [0.15, 0.2) is 11.5 Å². The van der Waals surface area contributed by atoms with Crippen LogP contribution in [0.15, 0.2) is 36.5 Å². The van der Waals surface area contributed by atoms with Gasteiger partial charge in [-0.3, -0.25) is 19.9 Å². The molecule has 0 aliphatic carbocycles. The third kappa shape index (κ3) is 4.07. The summed E-state index contributed by atoms with van der Waals surface area (Å²) in [6, 6.07) is 8.24. The Hall–Kier alpha value is -3.88. The number of nitro benzene ring substituents is 1. The highest BCUT2D eigenvalue weighted by Gasteiger charge is 2.21. The molecular weight excluding hydrogens is 402 g/mol. The van der Waals surface area contributed by atoms with Gasteiger partial charge in [-0.15, -0.1) is 0 Å². The summed E-state index contributed by atoms with van der Waals surface area (Å²) >= 11 is 0. The summed E-state index contributed by atoms with van der Waals surface area (Å²) in [5.41, 5.74) is 1.54. The summed E-state index contributed by atoms with van der Waals surface area (Å²) < 4.78 is 10.7. The molecular formula is C22H21N3O6. The molecule has 4 rings (SSSR count). The van der Waals surface area contributed by atoms with E-state index in [1.54, 1.807) is 18.2 Å². The van der Waals surface area contributed by atoms with Gasteiger partial charge >= 0.3 is 0 Å². The summed E-state index contributed by atoms with van der Waals surface area (Å²) in [6.07, 6.45) is 3.53. The van der Waals surface area contributed by atoms with Crippen LogP contribution in [0.25, 0.3) is 22.0 Å². The number of carbonyl (C=O) groups excluding carboxylic acids is 1. The molecule has 2 aromatic carbocycles. The van der Waals surface area contributed by atoms with E-state index in [1.807, 2.05) is 13.0 Å². The van der Waals surface area contributed by atoms with Crippen LogP contribution in [0.5, 0.6) is 17.2 Å². The number of aromatic nitrogens is 1. The van der Waals surface area contributed by atoms with Gasteiger partial charge in [0, 0.05) is 36.4 Å². The molecule has 31 heavy (non-hydrogen) atoms. The molecule has 9 heteroatoms. The van der Waals surface area contributed by atoms with Crippen molar-refractivity contribution in [2.24, 2.45) is 0 Å². The third-order valence-electron chi connectivity index (χ3n) is 5.14. The number of aromatic hydroxyl groups is 1. The van der Waals surface area contributed by atoms with Gasteiger partial charge < -0.3 is 19.9 Å². The molecule has 1 aromatic heterocycles. The van der Waals surface area contributed by atoms with Crippen LogP contribution in [0.3, 0.4) is 0 Å². The van der Waals surface area contributed by atoms with Gasteiger partial charge in [-0.05, 0) is 30.2 Å². The van der Waals surface area contributed by atoms with E-state index in [1.165, 1.54) is 12.3 Å². The zero-order valence-corrected chi connectivity index (χ0v) is 16.9. The van der Waals surface area contributed by atoms with Crippen LogP contribution >= 0.6 is 0 Å². The van der Waals surface area contributed by atoms with Crippen LogP contribution in [0, 0.1) is 10.1 Å². The fourth-order valence-electron chi connectivity index (χ4n) is 3.45. The average Bonchev–Trinajstić information content (AvgIpc) is 3.24. The Morgan fingerprint density at radius 1 is 1.23 bits per heavy atom. The zero-order chi connectivity index (χ0) is 22.0. The number of hydrogen-bond acceptors (Lipinski definition) is 7. The molecule has 0 atom stereocenters. The molecule has 0 unspecified atom stereocenters. The summed E-state index contributed by atoms with van der Waals surface area (Å²) in [5, 5.41) is 25.3. The number of ether oxygens (including phenoxy) is 2. The van der Waals surface area contributed by atoms with Gasteiger partial charge in [0.25, 0.3) is 5.69 Å². The minimum Gasteiger partial charge on any atom is -0.505 e. The quantitative estimate of drug-likeness (QED) is 0.434. The maximum atomic E-state index is 11.9. The number of rotatable bonds is 7. The predicted molar refractivity (Wildman–Crippen MR) is 113 cm³/mol. The Labute approximate surface area is 177 Å². The van der Waals surface area contributed by atoms with Crippen molar-refractivity contribution in [1.82, 2.24) is 10.3 Å². The number of non-ortho nitro benzene ring substituents is 1. The van der Waals surface area contributed by atoms with E-state index < -0.39 is 4.92 Å². The fraction of sp³-hybridized carbons (Fsp3) is 0.273. The fourth-order valence-corrected chi connectivity index (χ4v) is 3.45. The Morgan fingerprint density at radius 2 is 2.03 bits per heavy atom. The maximum Gasteiger partial charge on any atom is 0.279 e.